The molecule has 0 spiro atoms. The third kappa shape index (κ3) is 1.95. The first kappa shape index (κ1) is 11.5. The van der Waals surface area contributed by atoms with E-state index in [9.17, 15) is 0 Å². The molecule has 1 aromatic heterocycles. The van der Waals surface area contributed by atoms with Gasteiger partial charge in [0.25, 0.3) is 0 Å². The minimum absolute atomic E-state index is 0.266. The van der Waals surface area contributed by atoms with Crippen molar-refractivity contribution in [1.29, 1.82) is 0 Å². The zero-order valence-electron chi connectivity index (χ0n) is 8.83. The van der Waals surface area contributed by atoms with Crippen molar-refractivity contribution in [1.82, 2.24) is 4.90 Å². The Morgan fingerprint density at radius 3 is 2.75 bits per heavy atom. The van der Waals surface area contributed by atoms with Gasteiger partial charge in [-0.2, -0.15) is 0 Å². The molecule has 88 valence electrons. The molecule has 2 nitrogen and oxygen atoms in total. The van der Waals surface area contributed by atoms with Gasteiger partial charge in [0.05, 0.1) is 6.04 Å². The van der Waals surface area contributed by atoms with E-state index in [0.29, 0.717) is 6.04 Å². The number of halogens is 2. The zero-order chi connectivity index (χ0) is 11.3. The van der Waals surface area contributed by atoms with Gasteiger partial charge in [0, 0.05) is 28.0 Å². The van der Waals surface area contributed by atoms with E-state index in [1.54, 1.807) is 11.3 Å². The Bertz CT molecular complexity index is 385. The Hall–Kier alpha value is 0.390. The Morgan fingerprint density at radius 1 is 1.44 bits per heavy atom. The highest BCUT2D eigenvalue weighted by molar-refractivity contribution is 9.10. The number of likely N-dealkylation sites (tertiary alicyclic amines) is 1. The van der Waals surface area contributed by atoms with Crippen LogP contribution in [0.5, 0.6) is 0 Å². The molecule has 1 aliphatic heterocycles. The lowest BCUT2D eigenvalue weighted by Crippen LogP contribution is -2.32. The van der Waals surface area contributed by atoms with Crippen molar-refractivity contribution in [3.05, 3.63) is 19.8 Å². The van der Waals surface area contributed by atoms with E-state index >= 15 is 0 Å². The van der Waals surface area contributed by atoms with Crippen LogP contribution in [0.25, 0.3) is 0 Å². The van der Waals surface area contributed by atoms with Crippen LogP contribution >= 0.6 is 38.9 Å². The van der Waals surface area contributed by atoms with Gasteiger partial charge < -0.3 is 5.73 Å². The van der Waals surface area contributed by atoms with Crippen molar-refractivity contribution in [3.63, 3.8) is 0 Å². The summed E-state index contributed by atoms with van der Waals surface area (Å²) in [7, 11) is 0. The summed E-state index contributed by atoms with van der Waals surface area (Å²) in [5.41, 5.74) is 6.23. The van der Waals surface area contributed by atoms with Crippen LogP contribution in [0.3, 0.4) is 0 Å². The Kier molecular flexibility index (Phi) is 3.05. The summed E-state index contributed by atoms with van der Waals surface area (Å²) in [6, 6.07) is 3.57. The molecule has 2 heterocycles. The van der Waals surface area contributed by atoms with Crippen LogP contribution in [0, 0.1) is 0 Å². The average molecular weight is 322 g/mol. The number of hydrogen-bond acceptors (Lipinski definition) is 3. The molecule has 2 N–H and O–H groups in total. The van der Waals surface area contributed by atoms with Gasteiger partial charge >= 0.3 is 0 Å². The first-order valence-corrected chi connectivity index (χ1v) is 7.61. The molecule has 16 heavy (non-hydrogen) atoms. The highest BCUT2D eigenvalue weighted by Crippen LogP contribution is 2.44. The summed E-state index contributed by atoms with van der Waals surface area (Å²) >= 11 is 11.2. The van der Waals surface area contributed by atoms with Crippen molar-refractivity contribution in [3.8, 4) is 0 Å². The topological polar surface area (TPSA) is 29.3 Å². The van der Waals surface area contributed by atoms with E-state index in [2.05, 4.69) is 26.9 Å². The smallest absolute Gasteiger partial charge is 0.107 e. The molecule has 0 amide bonds. The van der Waals surface area contributed by atoms with Gasteiger partial charge in [-0.3, -0.25) is 4.90 Å². The largest absolute Gasteiger partial charge is 0.326 e. The molecular formula is C11H14BrClN2S. The normalized spacial score (nSPS) is 31.2. The molecule has 1 aliphatic carbocycles. The van der Waals surface area contributed by atoms with Gasteiger partial charge in [-0.25, -0.2) is 0 Å². The molecule has 1 saturated heterocycles. The van der Waals surface area contributed by atoms with Crippen LogP contribution in [-0.2, 0) is 0 Å². The summed E-state index contributed by atoms with van der Waals surface area (Å²) in [6.45, 7) is 1.14. The van der Waals surface area contributed by atoms with E-state index < -0.39 is 0 Å². The summed E-state index contributed by atoms with van der Waals surface area (Å²) in [5, 5.41) is 0. The Morgan fingerprint density at radius 2 is 2.19 bits per heavy atom. The van der Waals surface area contributed by atoms with Crippen molar-refractivity contribution in [2.45, 2.75) is 37.4 Å². The quantitative estimate of drug-likeness (QED) is 0.904. The van der Waals surface area contributed by atoms with Crippen molar-refractivity contribution in [2.24, 2.45) is 5.73 Å². The molecule has 2 unspecified atom stereocenters. The van der Waals surface area contributed by atoms with Crippen LogP contribution in [-0.4, -0.2) is 23.5 Å². The van der Waals surface area contributed by atoms with Crippen molar-refractivity contribution in [2.75, 3.05) is 6.54 Å². The number of rotatable bonds is 2. The fourth-order valence-electron chi connectivity index (χ4n) is 2.54. The minimum atomic E-state index is 0.266. The van der Waals surface area contributed by atoms with Crippen molar-refractivity contribution >= 4 is 38.9 Å². The monoisotopic (exact) mass is 320 g/mol. The van der Waals surface area contributed by atoms with E-state index in [1.165, 1.54) is 17.7 Å². The fraction of sp³-hybridized carbons (Fsp3) is 0.636. The van der Waals surface area contributed by atoms with Gasteiger partial charge in [0.2, 0.25) is 0 Å². The van der Waals surface area contributed by atoms with Gasteiger partial charge in [0.1, 0.15) is 4.34 Å². The van der Waals surface area contributed by atoms with Crippen LogP contribution < -0.4 is 5.73 Å². The van der Waals surface area contributed by atoms with Crippen LogP contribution in [0.2, 0.25) is 4.34 Å². The van der Waals surface area contributed by atoms with E-state index in [-0.39, 0.29) is 6.04 Å². The standard InChI is InChI=1S/C11H14BrClN2S/c12-7-5-9(16-11(7)13)10-8(14)3-4-15(10)6-1-2-6/h5-6,8,10H,1-4,14H2. The lowest BCUT2D eigenvalue weighted by molar-refractivity contribution is 0.240. The molecule has 1 saturated carbocycles. The molecule has 0 radical (unpaired) electrons. The SMILES string of the molecule is NC1CCN(C2CC2)C1c1cc(Br)c(Cl)s1. The average Bonchev–Trinajstić information content (AvgIpc) is 2.94. The maximum absolute atomic E-state index is 6.23. The second kappa shape index (κ2) is 4.25. The third-order valence-electron chi connectivity index (χ3n) is 3.46. The van der Waals surface area contributed by atoms with Crippen LogP contribution in [0.15, 0.2) is 10.5 Å². The first-order valence-electron chi connectivity index (χ1n) is 5.63. The lowest BCUT2D eigenvalue weighted by Gasteiger charge is -2.25. The number of nitrogens with zero attached hydrogens (tertiary/aromatic N) is 1. The predicted octanol–water partition coefficient (Wildman–Crippen LogP) is 3.40. The summed E-state index contributed by atoms with van der Waals surface area (Å²) in [5.74, 6) is 0. The van der Waals surface area contributed by atoms with Gasteiger partial charge in [-0.1, -0.05) is 11.6 Å². The van der Waals surface area contributed by atoms with Gasteiger partial charge in [-0.15, -0.1) is 11.3 Å². The molecule has 0 aromatic carbocycles. The highest BCUT2D eigenvalue weighted by atomic mass is 79.9. The summed E-state index contributed by atoms with van der Waals surface area (Å²) < 4.78 is 1.84. The molecule has 1 aromatic rings. The highest BCUT2D eigenvalue weighted by Gasteiger charge is 2.42. The Labute approximate surface area is 113 Å². The van der Waals surface area contributed by atoms with Gasteiger partial charge in [0.15, 0.2) is 0 Å². The van der Waals surface area contributed by atoms with Crippen LogP contribution in [0.1, 0.15) is 30.2 Å². The molecule has 2 fully saturated rings. The van der Waals surface area contributed by atoms with E-state index in [0.717, 1.165) is 27.8 Å². The maximum atomic E-state index is 6.23. The van der Waals surface area contributed by atoms with Crippen LogP contribution in [0.4, 0.5) is 0 Å². The predicted molar refractivity (Wildman–Crippen MR) is 72.1 cm³/mol. The molecular weight excluding hydrogens is 308 g/mol. The molecule has 0 bridgehead atoms. The minimum Gasteiger partial charge on any atom is -0.326 e. The number of hydrogen-bond donors (Lipinski definition) is 1. The first-order chi connectivity index (χ1) is 7.66. The number of nitrogens with two attached hydrogens (primary N) is 1. The van der Waals surface area contributed by atoms with E-state index in [1.807, 2.05) is 0 Å². The number of thiophene rings is 1. The lowest BCUT2D eigenvalue weighted by atomic mass is 10.1. The second-order valence-corrected chi connectivity index (χ2v) is 7.18. The van der Waals surface area contributed by atoms with Gasteiger partial charge in [-0.05, 0) is 41.3 Å². The van der Waals surface area contributed by atoms with E-state index in [4.69, 9.17) is 17.3 Å². The molecule has 5 heteroatoms. The summed E-state index contributed by atoms with van der Waals surface area (Å²) in [4.78, 5) is 3.88. The zero-order valence-corrected chi connectivity index (χ0v) is 12.0. The maximum Gasteiger partial charge on any atom is 0.107 e. The molecule has 3 rings (SSSR count). The summed E-state index contributed by atoms with van der Waals surface area (Å²) in [6.07, 6.45) is 3.78. The molecule has 2 aliphatic rings. The Balaban J connectivity index is 1.90. The van der Waals surface area contributed by atoms with Crippen molar-refractivity contribution < 1.29 is 0 Å². The third-order valence-corrected chi connectivity index (χ3v) is 6.00. The fourth-order valence-corrected chi connectivity index (χ4v) is 4.47. The second-order valence-electron chi connectivity index (χ2n) is 4.64. The molecule has 2 atom stereocenters.